The van der Waals surface area contributed by atoms with Crippen LogP contribution in [-0.2, 0) is 40.5 Å². The van der Waals surface area contributed by atoms with Crippen molar-refractivity contribution in [1.29, 1.82) is 0 Å². The van der Waals surface area contributed by atoms with Gasteiger partial charge in [0.15, 0.2) is 0 Å². The Bertz CT molecular complexity index is 2460. The quantitative estimate of drug-likeness (QED) is 0.0442. The summed E-state index contributed by atoms with van der Waals surface area (Å²) in [6.45, 7) is 0. The van der Waals surface area contributed by atoms with Crippen LogP contribution in [0.25, 0.3) is 0 Å². The normalized spacial score (nSPS) is 14.4. The van der Waals surface area contributed by atoms with Gasteiger partial charge in [-0.2, -0.15) is 33.7 Å². The van der Waals surface area contributed by atoms with E-state index in [9.17, 15) is 51.9 Å². The van der Waals surface area contributed by atoms with Crippen LogP contribution in [0.15, 0.2) is 133 Å². The predicted octanol–water partition coefficient (Wildman–Crippen LogP) is 7.08. The maximum Gasteiger partial charge on any atom is 0.277 e. The topological polar surface area (TPSA) is 217 Å². The molecule has 0 aliphatic rings. The second kappa shape index (κ2) is 17.8. The molecule has 0 saturated heterocycles. The third-order valence-corrected chi connectivity index (χ3v) is 15.6. The molecule has 0 aliphatic carbocycles. The van der Waals surface area contributed by atoms with Crippen molar-refractivity contribution in [3.8, 4) is 0 Å². The van der Waals surface area contributed by atoms with E-state index < -0.39 is 103 Å². The number of hydrogen-bond acceptors (Lipinski definition) is 12. The summed E-state index contributed by atoms with van der Waals surface area (Å²) in [5, 5.41) is -9.86. The molecular formula is C38H30O12S8. The molecule has 20 heteroatoms. The molecule has 12 nitrogen and oxygen atoms in total. The van der Waals surface area contributed by atoms with Crippen molar-refractivity contribution in [2.75, 3.05) is 0 Å². The average Bonchev–Trinajstić information content (AvgIpc) is 3.15. The Morgan fingerprint density at radius 2 is 0.483 bits per heavy atom. The highest BCUT2D eigenvalue weighted by atomic mass is 32.2. The van der Waals surface area contributed by atoms with Crippen LogP contribution in [0.3, 0.4) is 0 Å². The van der Waals surface area contributed by atoms with Crippen LogP contribution in [0.2, 0.25) is 0 Å². The average molecular weight is 935 g/mol. The summed E-state index contributed by atoms with van der Waals surface area (Å²) in [5.74, 6) is 0. The lowest BCUT2D eigenvalue weighted by atomic mass is 9.86. The lowest BCUT2D eigenvalue weighted by Gasteiger charge is -2.30. The van der Waals surface area contributed by atoms with Gasteiger partial charge >= 0.3 is 0 Å². The van der Waals surface area contributed by atoms with Crippen molar-refractivity contribution in [1.82, 2.24) is 0 Å². The summed E-state index contributed by atoms with van der Waals surface area (Å²) in [5.41, 5.74) is -3.23. The molecule has 5 rings (SSSR count). The molecule has 0 radical (unpaired) electrons. The maximum absolute atomic E-state index is 13.6. The van der Waals surface area contributed by atoms with E-state index in [0.29, 0.717) is 12.1 Å². The van der Waals surface area contributed by atoms with Crippen LogP contribution in [0.1, 0.15) is 65.5 Å². The molecular weight excluding hydrogens is 905 g/mol. The molecule has 5 aromatic carbocycles. The Hall–Kier alpha value is -3.90. The summed E-state index contributed by atoms with van der Waals surface area (Å²) in [4.78, 5) is -2.27. The molecule has 0 saturated carbocycles. The first-order valence-corrected chi connectivity index (χ1v) is 24.1. The first-order chi connectivity index (χ1) is 27.0. The van der Waals surface area contributed by atoms with Gasteiger partial charge < -0.3 is 0 Å². The second-order valence-corrected chi connectivity index (χ2v) is 20.4. The van der Waals surface area contributed by atoms with E-state index in [2.05, 4.69) is 0 Å². The summed E-state index contributed by atoms with van der Waals surface area (Å²) >= 11 is 22.4. The number of rotatable bonds is 16. The molecule has 4 atom stereocenters. The van der Waals surface area contributed by atoms with Crippen LogP contribution in [0.5, 0.6) is 0 Å². The van der Waals surface area contributed by atoms with E-state index in [1.807, 2.05) is 0 Å². The zero-order valence-corrected chi connectivity index (χ0v) is 35.9. The lowest BCUT2D eigenvalue weighted by molar-refractivity contribution is 0.472. The van der Waals surface area contributed by atoms with E-state index in [-0.39, 0.29) is 22.3 Å². The van der Waals surface area contributed by atoms with Crippen molar-refractivity contribution in [3.63, 3.8) is 0 Å². The molecule has 0 bridgehead atoms. The van der Waals surface area contributed by atoms with Crippen LogP contribution in [-0.4, -0.2) is 71.3 Å². The van der Waals surface area contributed by atoms with Crippen LogP contribution >= 0.6 is 48.9 Å². The Morgan fingerprint density at radius 3 is 0.621 bits per heavy atom. The Balaban J connectivity index is 2.08. The number of hydrogen-bond donors (Lipinski definition) is 4. The van der Waals surface area contributed by atoms with Crippen LogP contribution in [0, 0.1) is 0 Å². The Labute approximate surface area is 357 Å². The van der Waals surface area contributed by atoms with Crippen LogP contribution in [0.4, 0.5) is 0 Å². The monoisotopic (exact) mass is 934 g/mol. The van der Waals surface area contributed by atoms with E-state index >= 15 is 0 Å². The third-order valence-electron chi connectivity index (χ3n) is 8.80. The zero-order chi connectivity index (χ0) is 42.8. The van der Waals surface area contributed by atoms with Crippen molar-refractivity contribution < 1.29 is 51.9 Å². The molecule has 302 valence electrons. The molecule has 4 unspecified atom stereocenters. The molecule has 4 N–H and O–H groups in total. The molecule has 0 heterocycles. The van der Waals surface area contributed by atoms with Gasteiger partial charge in [-0.25, -0.2) is 0 Å². The Morgan fingerprint density at radius 1 is 0.328 bits per heavy atom. The molecule has 0 spiro atoms. The van der Waals surface area contributed by atoms with Crippen molar-refractivity contribution in [2.24, 2.45) is 0 Å². The molecule has 0 aromatic heterocycles. The minimum Gasteiger partial charge on any atom is -0.285 e. The lowest BCUT2D eigenvalue weighted by Crippen LogP contribution is -2.31. The fourth-order valence-electron chi connectivity index (χ4n) is 6.34. The van der Waals surface area contributed by atoms with Crippen molar-refractivity contribution >= 4 is 109 Å². The van der Waals surface area contributed by atoms with E-state index in [1.54, 1.807) is 24.3 Å². The van der Waals surface area contributed by atoms with Crippen molar-refractivity contribution in [3.05, 3.63) is 178 Å². The van der Waals surface area contributed by atoms with E-state index in [0.717, 1.165) is 0 Å². The standard InChI is InChI=1S/C38H30O12S8/c39-55(40,41)35(31(51)23-13-5-1-6-14-23)27-21-29(37(57(45,46)47)33(53)25-17-9-3-10-18-25)30(38(58(48,49)50)34(54)26-19-11-4-12-20-26)22-28(27)36(56(42,43)44)32(52)24-15-7-2-8-16-24/h1-22,35-38H,(H,39,40,41)(H,42,43,44)(H,45,46,47)(H,48,49,50). The molecule has 0 amide bonds. The molecule has 0 fully saturated rings. The van der Waals surface area contributed by atoms with Gasteiger partial charge in [0.2, 0.25) is 0 Å². The van der Waals surface area contributed by atoms with Crippen molar-refractivity contribution in [2.45, 2.75) is 21.0 Å². The van der Waals surface area contributed by atoms with Gasteiger partial charge in [-0.15, -0.1) is 0 Å². The molecule has 0 aliphatic heterocycles. The SMILES string of the molecule is O=S(=O)(O)C(C(=S)c1ccccc1)c1cc(C(C(=S)c2ccccc2)S(=O)(=O)O)c(C(C(=S)c2ccccc2)S(=O)(=O)O)cc1C(C(=S)c1ccccc1)S(=O)(=O)O. The van der Waals surface area contributed by atoms with E-state index in [4.69, 9.17) is 48.9 Å². The summed E-state index contributed by atoms with van der Waals surface area (Å²) in [7, 11) is -22.1. The highest BCUT2D eigenvalue weighted by Crippen LogP contribution is 2.45. The van der Waals surface area contributed by atoms with Gasteiger partial charge in [0, 0.05) is 19.5 Å². The molecule has 5 aromatic rings. The smallest absolute Gasteiger partial charge is 0.277 e. The summed E-state index contributed by atoms with van der Waals surface area (Å²) < 4.78 is 152. The zero-order valence-electron chi connectivity index (χ0n) is 29.3. The number of thiocarbonyl (C=S) groups is 4. The summed E-state index contributed by atoms with van der Waals surface area (Å²) in [6.07, 6.45) is 0. The first kappa shape index (κ1) is 45.2. The maximum atomic E-state index is 13.6. The fourth-order valence-corrected chi connectivity index (χ4v) is 12.6. The minimum atomic E-state index is -5.53. The minimum absolute atomic E-state index is 0.0120. The highest BCUT2D eigenvalue weighted by molar-refractivity contribution is 7.91. The van der Waals surface area contributed by atoms with Gasteiger partial charge in [0.05, 0.1) is 0 Å². The number of benzene rings is 5. The third kappa shape index (κ3) is 10.1. The second-order valence-electron chi connectivity index (χ2n) is 12.6. The van der Waals surface area contributed by atoms with Gasteiger partial charge in [-0.1, -0.05) is 182 Å². The molecule has 58 heavy (non-hydrogen) atoms. The highest BCUT2D eigenvalue weighted by Gasteiger charge is 2.45. The van der Waals surface area contributed by atoms with E-state index in [1.165, 1.54) is 97.1 Å². The van der Waals surface area contributed by atoms with Gasteiger partial charge in [-0.05, 0) is 44.5 Å². The van der Waals surface area contributed by atoms with Gasteiger partial charge in [0.1, 0.15) is 21.0 Å². The largest absolute Gasteiger partial charge is 0.285 e. The predicted molar refractivity (Wildman–Crippen MR) is 236 cm³/mol. The Kier molecular flexibility index (Phi) is 13.8. The summed E-state index contributed by atoms with van der Waals surface area (Å²) in [6, 6.07) is 30.3. The fraction of sp³-hybridized carbons (Fsp3) is 0.105. The van der Waals surface area contributed by atoms with Gasteiger partial charge in [-0.3, -0.25) is 18.2 Å². The van der Waals surface area contributed by atoms with Gasteiger partial charge in [0.25, 0.3) is 40.5 Å². The first-order valence-electron chi connectivity index (χ1n) is 16.4. The van der Waals surface area contributed by atoms with Crippen LogP contribution < -0.4 is 0 Å².